The third-order valence-corrected chi connectivity index (χ3v) is 4.92. The van der Waals surface area contributed by atoms with Crippen LogP contribution in [0.25, 0.3) is 22.0 Å². The van der Waals surface area contributed by atoms with Gasteiger partial charge in [-0.15, -0.1) is 0 Å². The van der Waals surface area contributed by atoms with Gasteiger partial charge in [-0.25, -0.2) is 0 Å². The van der Waals surface area contributed by atoms with Gasteiger partial charge in [0.25, 0.3) is 5.91 Å². The molecule has 3 aromatic carbocycles. The highest BCUT2D eigenvalue weighted by atomic mass is 16.2. The number of nitrogens with one attached hydrogen (secondary N) is 2. The summed E-state index contributed by atoms with van der Waals surface area (Å²) in [6, 6.07) is 25.7. The molecule has 1 aliphatic rings. The number of pyridine rings is 1. The Labute approximate surface area is 162 Å². The normalized spacial score (nSPS) is 14.5. The smallest absolute Gasteiger partial charge is 0.258 e. The maximum absolute atomic E-state index is 12.9. The van der Waals surface area contributed by atoms with E-state index in [1.54, 1.807) is 6.20 Å². The number of benzene rings is 3. The minimum atomic E-state index is -0.102. The highest BCUT2D eigenvalue weighted by Crippen LogP contribution is 2.38. The third-order valence-electron chi connectivity index (χ3n) is 4.92. The van der Waals surface area contributed by atoms with E-state index in [0.29, 0.717) is 5.57 Å². The van der Waals surface area contributed by atoms with Crippen LogP contribution in [-0.2, 0) is 4.79 Å². The van der Waals surface area contributed by atoms with Gasteiger partial charge in [-0.1, -0.05) is 60.7 Å². The lowest BCUT2D eigenvalue weighted by Crippen LogP contribution is -2.10. The summed E-state index contributed by atoms with van der Waals surface area (Å²) in [5.74, 6) is -0.102. The van der Waals surface area contributed by atoms with Crippen molar-refractivity contribution in [1.29, 1.82) is 0 Å². The molecule has 5 rings (SSSR count). The zero-order valence-corrected chi connectivity index (χ0v) is 15.0. The lowest BCUT2D eigenvalue weighted by molar-refractivity contribution is -0.110. The van der Waals surface area contributed by atoms with Crippen molar-refractivity contribution >= 4 is 39.3 Å². The van der Waals surface area contributed by atoms with Crippen molar-refractivity contribution in [2.75, 3.05) is 10.6 Å². The van der Waals surface area contributed by atoms with Gasteiger partial charge in [0.1, 0.15) is 0 Å². The number of carbonyl (C=O) groups is 1. The van der Waals surface area contributed by atoms with E-state index in [2.05, 4.69) is 15.6 Å². The lowest BCUT2D eigenvalue weighted by Gasteiger charge is -2.16. The van der Waals surface area contributed by atoms with Gasteiger partial charge in [0.2, 0.25) is 0 Å². The van der Waals surface area contributed by atoms with E-state index < -0.39 is 0 Å². The zero-order valence-electron chi connectivity index (χ0n) is 15.0. The van der Waals surface area contributed by atoms with Crippen LogP contribution in [0.4, 0.5) is 11.4 Å². The number of anilines is 2. The Morgan fingerprint density at radius 2 is 1.68 bits per heavy atom. The first kappa shape index (κ1) is 16.3. The molecule has 0 fully saturated rings. The molecule has 0 saturated carbocycles. The van der Waals surface area contributed by atoms with Crippen LogP contribution in [-0.4, -0.2) is 10.9 Å². The van der Waals surface area contributed by atoms with Crippen molar-refractivity contribution in [1.82, 2.24) is 4.98 Å². The van der Waals surface area contributed by atoms with E-state index >= 15 is 0 Å². The van der Waals surface area contributed by atoms with Crippen molar-refractivity contribution in [2.45, 2.75) is 0 Å². The fourth-order valence-corrected chi connectivity index (χ4v) is 3.62. The number of hydrogen-bond acceptors (Lipinski definition) is 3. The standard InChI is InChI=1S/C24H17N3O/c28-24-22(19-10-4-5-11-21(19)27-24)23(16-7-2-1-3-8-16)26-20-12-6-9-17-15-25-14-13-18(17)20/h1-15,26H,(H,27,28)/b23-22-. The average molecular weight is 363 g/mol. The fourth-order valence-electron chi connectivity index (χ4n) is 3.62. The van der Waals surface area contributed by atoms with E-state index in [9.17, 15) is 4.79 Å². The molecule has 0 saturated heterocycles. The van der Waals surface area contributed by atoms with Gasteiger partial charge in [0.15, 0.2) is 0 Å². The highest BCUT2D eigenvalue weighted by Gasteiger charge is 2.28. The number of aromatic nitrogens is 1. The minimum absolute atomic E-state index is 0.102. The summed E-state index contributed by atoms with van der Waals surface area (Å²) < 4.78 is 0. The second-order valence-corrected chi connectivity index (χ2v) is 6.64. The Morgan fingerprint density at radius 3 is 2.57 bits per heavy atom. The molecule has 1 aromatic heterocycles. The molecule has 1 aliphatic heterocycles. The van der Waals surface area contributed by atoms with E-state index in [-0.39, 0.29) is 5.91 Å². The molecule has 4 nitrogen and oxygen atoms in total. The number of carbonyl (C=O) groups excluding carboxylic acids is 1. The number of fused-ring (bicyclic) bond motifs is 2. The number of para-hydroxylation sites is 1. The van der Waals surface area contributed by atoms with Crippen LogP contribution in [0.2, 0.25) is 0 Å². The first-order chi connectivity index (χ1) is 13.8. The van der Waals surface area contributed by atoms with Crippen LogP contribution < -0.4 is 10.6 Å². The third kappa shape index (κ3) is 2.72. The van der Waals surface area contributed by atoms with Gasteiger partial charge < -0.3 is 10.6 Å². The maximum Gasteiger partial charge on any atom is 0.258 e. The van der Waals surface area contributed by atoms with Crippen LogP contribution in [0, 0.1) is 0 Å². The molecule has 2 N–H and O–H groups in total. The first-order valence-corrected chi connectivity index (χ1v) is 9.11. The van der Waals surface area contributed by atoms with Crippen molar-refractivity contribution in [3.05, 3.63) is 102 Å². The molecule has 134 valence electrons. The first-order valence-electron chi connectivity index (χ1n) is 9.11. The molecule has 0 atom stereocenters. The summed E-state index contributed by atoms with van der Waals surface area (Å²) in [6.07, 6.45) is 3.62. The predicted molar refractivity (Wildman–Crippen MR) is 114 cm³/mol. The topological polar surface area (TPSA) is 54.0 Å². The Hall–Kier alpha value is -3.92. The second kappa shape index (κ2) is 6.67. The monoisotopic (exact) mass is 363 g/mol. The number of amides is 1. The quantitative estimate of drug-likeness (QED) is 0.494. The molecule has 0 radical (unpaired) electrons. The Bertz CT molecular complexity index is 1220. The maximum atomic E-state index is 12.9. The van der Waals surface area contributed by atoms with Crippen molar-refractivity contribution in [2.24, 2.45) is 0 Å². The van der Waals surface area contributed by atoms with Crippen LogP contribution in [0.15, 0.2) is 91.3 Å². The van der Waals surface area contributed by atoms with Gasteiger partial charge in [-0.05, 0) is 23.8 Å². The average Bonchev–Trinajstić information content (AvgIpc) is 3.08. The van der Waals surface area contributed by atoms with E-state index in [4.69, 9.17) is 0 Å². The van der Waals surface area contributed by atoms with Crippen molar-refractivity contribution < 1.29 is 4.79 Å². The number of hydrogen-bond donors (Lipinski definition) is 2. The molecular weight excluding hydrogens is 346 g/mol. The number of nitrogens with zero attached hydrogens (tertiary/aromatic N) is 1. The van der Waals surface area contributed by atoms with E-state index in [0.717, 1.165) is 39.0 Å². The summed E-state index contributed by atoms with van der Waals surface area (Å²) in [7, 11) is 0. The Balaban J connectivity index is 1.74. The van der Waals surface area contributed by atoms with Gasteiger partial charge in [0.05, 0.1) is 11.3 Å². The van der Waals surface area contributed by atoms with Crippen molar-refractivity contribution in [3.63, 3.8) is 0 Å². The molecule has 1 amide bonds. The molecule has 0 aliphatic carbocycles. The predicted octanol–water partition coefficient (Wildman–Crippen LogP) is 5.17. The molecule has 0 bridgehead atoms. The molecule has 4 aromatic rings. The van der Waals surface area contributed by atoms with Crippen LogP contribution >= 0.6 is 0 Å². The summed E-state index contributed by atoms with van der Waals surface area (Å²) in [6.45, 7) is 0. The summed E-state index contributed by atoms with van der Waals surface area (Å²) in [4.78, 5) is 17.1. The Morgan fingerprint density at radius 1 is 0.857 bits per heavy atom. The molecule has 2 heterocycles. The SMILES string of the molecule is O=C1Nc2ccccc2/C1=C(/Nc1cccc2cnccc12)c1ccccc1. The minimum Gasteiger partial charge on any atom is -0.354 e. The van der Waals surface area contributed by atoms with Crippen LogP contribution in [0.1, 0.15) is 11.1 Å². The molecular formula is C24H17N3O. The lowest BCUT2D eigenvalue weighted by atomic mass is 9.99. The largest absolute Gasteiger partial charge is 0.354 e. The Kier molecular flexibility index (Phi) is 3.87. The van der Waals surface area contributed by atoms with Gasteiger partial charge in [-0.3, -0.25) is 9.78 Å². The fraction of sp³-hybridized carbons (Fsp3) is 0. The molecule has 0 unspecified atom stereocenters. The summed E-state index contributed by atoms with van der Waals surface area (Å²) in [5, 5.41) is 8.61. The van der Waals surface area contributed by atoms with Gasteiger partial charge >= 0.3 is 0 Å². The molecule has 28 heavy (non-hydrogen) atoms. The zero-order chi connectivity index (χ0) is 18.9. The summed E-state index contributed by atoms with van der Waals surface area (Å²) in [5.41, 5.74) is 5.06. The summed E-state index contributed by atoms with van der Waals surface area (Å²) >= 11 is 0. The van der Waals surface area contributed by atoms with Crippen molar-refractivity contribution in [3.8, 4) is 0 Å². The van der Waals surface area contributed by atoms with E-state index in [1.807, 2.05) is 85.1 Å². The van der Waals surface area contributed by atoms with Crippen LogP contribution in [0.5, 0.6) is 0 Å². The molecule has 4 heteroatoms. The highest BCUT2D eigenvalue weighted by molar-refractivity contribution is 6.37. The van der Waals surface area contributed by atoms with E-state index in [1.165, 1.54) is 0 Å². The van der Waals surface area contributed by atoms with Gasteiger partial charge in [0, 0.05) is 40.1 Å². The number of rotatable bonds is 3. The van der Waals surface area contributed by atoms with Crippen LogP contribution in [0.3, 0.4) is 0 Å². The second-order valence-electron chi connectivity index (χ2n) is 6.64. The molecule has 0 spiro atoms. The van der Waals surface area contributed by atoms with Gasteiger partial charge in [-0.2, -0.15) is 0 Å².